The van der Waals surface area contributed by atoms with E-state index in [9.17, 15) is 0 Å². The molecule has 2 rings (SSSR count). The monoisotopic (exact) mass is 175 g/mol. The van der Waals surface area contributed by atoms with Crippen LogP contribution in [0.4, 0.5) is 0 Å². The minimum atomic E-state index is 0.440. The molecular weight excluding hydrogens is 158 g/mol. The van der Waals surface area contributed by atoms with Crippen LogP contribution < -0.4 is 5.32 Å². The molecule has 1 nitrogen and oxygen atoms in total. The predicted octanol–water partition coefficient (Wildman–Crippen LogP) is 2.33. The molecule has 1 atom stereocenters. The first-order valence-corrected chi connectivity index (χ1v) is 5.02. The molecule has 1 heteroatoms. The average molecular weight is 175 g/mol. The standard InChI is InChI=1S/C12H17N/c1-10(13-2)12(8-9-12)11-6-4-3-5-7-11/h3-7,10,13H,8-9H2,1-2H3. The van der Waals surface area contributed by atoms with E-state index in [-0.39, 0.29) is 0 Å². The molecule has 1 aromatic carbocycles. The summed E-state index contributed by atoms with van der Waals surface area (Å²) >= 11 is 0. The van der Waals surface area contributed by atoms with Gasteiger partial charge in [-0.1, -0.05) is 30.3 Å². The van der Waals surface area contributed by atoms with Crippen LogP contribution in [0.3, 0.4) is 0 Å². The van der Waals surface area contributed by atoms with E-state index in [1.165, 1.54) is 18.4 Å². The van der Waals surface area contributed by atoms with Gasteiger partial charge < -0.3 is 5.32 Å². The molecule has 0 heterocycles. The van der Waals surface area contributed by atoms with E-state index in [0.717, 1.165) is 0 Å². The average Bonchev–Trinajstić information content (AvgIpc) is 2.99. The van der Waals surface area contributed by atoms with Crippen molar-refractivity contribution in [3.8, 4) is 0 Å². The Morgan fingerprint density at radius 3 is 2.31 bits per heavy atom. The molecular formula is C12H17N. The summed E-state index contributed by atoms with van der Waals surface area (Å²) in [7, 11) is 2.05. The molecule has 0 spiro atoms. The van der Waals surface area contributed by atoms with Crippen LogP contribution in [-0.2, 0) is 5.41 Å². The third-order valence-electron chi connectivity index (χ3n) is 3.40. The highest BCUT2D eigenvalue weighted by atomic mass is 14.9. The zero-order valence-corrected chi connectivity index (χ0v) is 8.38. The molecule has 1 aromatic rings. The maximum Gasteiger partial charge on any atom is 0.0133 e. The van der Waals surface area contributed by atoms with Gasteiger partial charge in [0.1, 0.15) is 0 Å². The van der Waals surface area contributed by atoms with Crippen LogP contribution in [0.15, 0.2) is 30.3 Å². The predicted molar refractivity (Wildman–Crippen MR) is 55.9 cm³/mol. The first-order valence-electron chi connectivity index (χ1n) is 5.02. The molecule has 0 amide bonds. The zero-order valence-electron chi connectivity index (χ0n) is 8.38. The fraction of sp³-hybridized carbons (Fsp3) is 0.500. The van der Waals surface area contributed by atoms with E-state index in [0.29, 0.717) is 11.5 Å². The van der Waals surface area contributed by atoms with Crippen LogP contribution in [-0.4, -0.2) is 13.1 Å². The summed E-state index contributed by atoms with van der Waals surface area (Å²) < 4.78 is 0. The number of likely N-dealkylation sites (N-methyl/N-ethyl adjacent to an activating group) is 1. The normalized spacial score (nSPS) is 21.1. The summed E-state index contributed by atoms with van der Waals surface area (Å²) in [5, 5.41) is 3.37. The summed E-state index contributed by atoms with van der Waals surface area (Å²) in [6, 6.07) is 11.5. The molecule has 0 saturated heterocycles. The van der Waals surface area contributed by atoms with Gasteiger partial charge >= 0.3 is 0 Å². The lowest BCUT2D eigenvalue weighted by molar-refractivity contribution is 0.479. The van der Waals surface area contributed by atoms with Crippen LogP contribution in [0, 0.1) is 0 Å². The van der Waals surface area contributed by atoms with Gasteiger partial charge in [0.25, 0.3) is 0 Å². The Hall–Kier alpha value is -0.820. The van der Waals surface area contributed by atoms with Crippen molar-refractivity contribution in [1.82, 2.24) is 5.32 Å². The molecule has 1 fully saturated rings. The first-order chi connectivity index (χ1) is 6.29. The van der Waals surface area contributed by atoms with Gasteiger partial charge in [0.2, 0.25) is 0 Å². The van der Waals surface area contributed by atoms with Crippen molar-refractivity contribution in [2.24, 2.45) is 0 Å². The van der Waals surface area contributed by atoms with Crippen molar-refractivity contribution in [3.05, 3.63) is 35.9 Å². The Morgan fingerprint density at radius 2 is 1.85 bits per heavy atom. The molecule has 0 aliphatic heterocycles. The number of hydrogen-bond donors (Lipinski definition) is 1. The van der Waals surface area contributed by atoms with Crippen molar-refractivity contribution in [2.45, 2.75) is 31.2 Å². The van der Waals surface area contributed by atoms with Crippen molar-refractivity contribution >= 4 is 0 Å². The topological polar surface area (TPSA) is 12.0 Å². The van der Waals surface area contributed by atoms with Crippen molar-refractivity contribution in [3.63, 3.8) is 0 Å². The third-order valence-corrected chi connectivity index (χ3v) is 3.40. The van der Waals surface area contributed by atoms with E-state index in [2.05, 4.69) is 42.6 Å². The fourth-order valence-corrected chi connectivity index (χ4v) is 2.15. The van der Waals surface area contributed by atoms with E-state index < -0.39 is 0 Å². The van der Waals surface area contributed by atoms with Crippen molar-refractivity contribution in [2.75, 3.05) is 7.05 Å². The Bertz CT molecular complexity index is 274. The van der Waals surface area contributed by atoms with E-state index in [1.807, 2.05) is 7.05 Å². The van der Waals surface area contributed by atoms with Gasteiger partial charge in [0.05, 0.1) is 0 Å². The maximum absolute atomic E-state index is 3.37. The minimum Gasteiger partial charge on any atom is -0.316 e. The quantitative estimate of drug-likeness (QED) is 0.743. The van der Waals surface area contributed by atoms with E-state index in [4.69, 9.17) is 0 Å². The fourth-order valence-electron chi connectivity index (χ4n) is 2.15. The smallest absolute Gasteiger partial charge is 0.0133 e. The summed E-state index contributed by atoms with van der Waals surface area (Å²) in [4.78, 5) is 0. The zero-order chi connectivity index (χ0) is 9.31. The Labute approximate surface area is 80.2 Å². The molecule has 0 aromatic heterocycles. The lowest BCUT2D eigenvalue weighted by Gasteiger charge is -2.23. The molecule has 70 valence electrons. The van der Waals surface area contributed by atoms with E-state index in [1.54, 1.807) is 0 Å². The Morgan fingerprint density at radius 1 is 1.23 bits per heavy atom. The van der Waals surface area contributed by atoms with Gasteiger partial charge in [0, 0.05) is 11.5 Å². The van der Waals surface area contributed by atoms with Gasteiger partial charge in [-0.2, -0.15) is 0 Å². The molecule has 1 unspecified atom stereocenters. The van der Waals surface area contributed by atoms with E-state index >= 15 is 0 Å². The molecule has 1 saturated carbocycles. The van der Waals surface area contributed by atoms with Gasteiger partial charge in [-0.3, -0.25) is 0 Å². The van der Waals surface area contributed by atoms with Crippen LogP contribution in [0.1, 0.15) is 25.3 Å². The highest BCUT2D eigenvalue weighted by Gasteiger charge is 2.47. The first kappa shape index (κ1) is 8.76. The number of benzene rings is 1. The number of rotatable bonds is 3. The van der Waals surface area contributed by atoms with Crippen molar-refractivity contribution < 1.29 is 0 Å². The summed E-state index contributed by atoms with van der Waals surface area (Å²) in [6.07, 6.45) is 2.66. The van der Waals surface area contributed by atoms with Gasteiger partial charge in [-0.25, -0.2) is 0 Å². The second kappa shape index (κ2) is 3.15. The minimum absolute atomic E-state index is 0.440. The van der Waals surface area contributed by atoms with Gasteiger partial charge in [0.15, 0.2) is 0 Å². The largest absolute Gasteiger partial charge is 0.316 e. The van der Waals surface area contributed by atoms with Crippen LogP contribution in [0.25, 0.3) is 0 Å². The summed E-state index contributed by atoms with van der Waals surface area (Å²) in [6.45, 7) is 2.28. The molecule has 0 radical (unpaired) electrons. The lowest BCUT2D eigenvalue weighted by Crippen LogP contribution is -2.34. The molecule has 1 aliphatic rings. The van der Waals surface area contributed by atoms with Crippen LogP contribution >= 0.6 is 0 Å². The van der Waals surface area contributed by atoms with Gasteiger partial charge in [-0.05, 0) is 32.4 Å². The SMILES string of the molecule is CNC(C)C1(c2ccccc2)CC1. The molecule has 1 N–H and O–H groups in total. The second-order valence-electron chi connectivity index (χ2n) is 4.03. The van der Waals surface area contributed by atoms with Crippen LogP contribution in [0.5, 0.6) is 0 Å². The highest BCUT2D eigenvalue weighted by molar-refractivity contribution is 5.33. The lowest BCUT2D eigenvalue weighted by atomic mass is 9.89. The molecule has 13 heavy (non-hydrogen) atoms. The van der Waals surface area contributed by atoms with Gasteiger partial charge in [-0.15, -0.1) is 0 Å². The molecule has 1 aliphatic carbocycles. The Balaban J connectivity index is 2.26. The third kappa shape index (κ3) is 1.37. The summed E-state index contributed by atoms with van der Waals surface area (Å²) in [5.74, 6) is 0. The second-order valence-corrected chi connectivity index (χ2v) is 4.03. The summed E-state index contributed by atoms with van der Waals surface area (Å²) in [5.41, 5.74) is 1.94. The Kier molecular flexibility index (Phi) is 2.12. The maximum atomic E-state index is 3.37. The molecule has 0 bridgehead atoms. The van der Waals surface area contributed by atoms with Crippen LogP contribution in [0.2, 0.25) is 0 Å². The highest BCUT2D eigenvalue weighted by Crippen LogP contribution is 2.50. The number of hydrogen-bond acceptors (Lipinski definition) is 1. The number of nitrogens with one attached hydrogen (secondary N) is 1. The van der Waals surface area contributed by atoms with Crippen molar-refractivity contribution in [1.29, 1.82) is 0 Å².